The van der Waals surface area contributed by atoms with Gasteiger partial charge in [-0.25, -0.2) is 4.98 Å². The van der Waals surface area contributed by atoms with Crippen LogP contribution in [-0.4, -0.2) is 30.9 Å². The van der Waals surface area contributed by atoms with Crippen LogP contribution in [0.4, 0.5) is 11.5 Å². The van der Waals surface area contributed by atoms with E-state index in [1.54, 1.807) is 37.3 Å². The van der Waals surface area contributed by atoms with E-state index >= 15 is 0 Å². The highest BCUT2D eigenvalue weighted by Crippen LogP contribution is 2.20. The van der Waals surface area contributed by atoms with Crippen molar-refractivity contribution < 1.29 is 9.59 Å². The molecule has 0 saturated carbocycles. The van der Waals surface area contributed by atoms with E-state index in [-0.39, 0.29) is 5.91 Å². The molecule has 0 spiro atoms. The predicted molar refractivity (Wildman–Crippen MR) is 86.2 cm³/mol. The monoisotopic (exact) mass is 298 g/mol. The minimum Gasteiger partial charge on any atom is -0.366 e. The number of hydrogen-bond donors (Lipinski definition) is 2. The number of amides is 2. The second-order valence-corrected chi connectivity index (χ2v) is 5.12. The molecule has 0 aliphatic heterocycles. The molecule has 3 N–H and O–H groups in total. The zero-order valence-electron chi connectivity index (χ0n) is 12.8. The van der Waals surface area contributed by atoms with Crippen LogP contribution in [0.1, 0.15) is 26.3 Å². The largest absolute Gasteiger partial charge is 0.366 e. The van der Waals surface area contributed by atoms with Crippen LogP contribution in [0.2, 0.25) is 0 Å². The number of benzene rings is 1. The summed E-state index contributed by atoms with van der Waals surface area (Å²) in [4.78, 5) is 29.8. The molecule has 2 rings (SSSR count). The van der Waals surface area contributed by atoms with Crippen LogP contribution in [0.3, 0.4) is 0 Å². The molecule has 0 unspecified atom stereocenters. The maximum atomic E-state index is 12.3. The van der Waals surface area contributed by atoms with Crippen molar-refractivity contribution >= 4 is 23.3 Å². The molecule has 0 fully saturated rings. The third-order valence-corrected chi connectivity index (χ3v) is 3.24. The number of nitrogens with zero attached hydrogens (tertiary/aromatic N) is 2. The van der Waals surface area contributed by atoms with Gasteiger partial charge < -0.3 is 16.0 Å². The molecule has 0 aliphatic rings. The minimum absolute atomic E-state index is 0.314. The van der Waals surface area contributed by atoms with Gasteiger partial charge in [0, 0.05) is 20.3 Å². The van der Waals surface area contributed by atoms with Gasteiger partial charge in [0.15, 0.2) is 0 Å². The number of hydrogen-bond acceptors (Lipinski definition) is 4. The summed E-state index contributed by atoms with van der Waals surface area (Å²) in [5, 5.41) is 2.70. The third kappa shape index (κ3) is 3.22. The number of primary amides is 1. The molecule has 2 aromatic rings. The van der Waals surface area contributed by atoms with Crippen molar-refractivity contribution in [3.05, 3.63) is 53.2 Å². The van der Waals surface area contributed by atoms with Gasteiger partial charge in [0.05, 0.1) is 16.8 Å². The van der Waals surface area contributed by atoms with Gasteiger partial charge in [0.25, 0.3) is 11.8 Å². The van der Waals surface area contributed by atoms with Gasteiger partial charge in [-0.15, -0.1) is 0 Å². The van der Waals surface area contributed by atoms with E-state index in [1.165, 1.54) is 6.20 Å². The molecule has 0 bridgehead atoms. The number of nitrogens with two attached hydrogens (primary N) is 1. The lowest BCUT2D eigenvalue weighted by Gasteiger charge is -2.13. The Morgan fingerprint density at radius 3 is 2.45 bits per heavy atom. The Morgan fingerprint density at radius 1 is 1.18 bits per heavy atom. The van der Waals surface area contributed by atoms with E-state index in [4.69, 9.17) is 5.73 Å². The first-order chi connectivity index (χ1) is 10.4. The summed E-state index contributed by atoms with van der Waals surface area (Å²) in [5.41, 5.74) is 7.21. The summed E-state index contributed by atoms with van der Waals surface area (Å²) < 4.78 is 0. The van der Waals surface area contributed by atoms with Gasteiger partial charge in [0.1, 0.15) is 5.82 Å². The Morgan fingerprint density at radius 2 is 1.91 bits per heavy atom. The Kier molecular flexibility index (Phi) is 4.41. The first-order valence-electron chi connectivity index (χ1n) is 6.74. The molecule has 6 heteroatoms. The van der Waals surface area contributed by atoms with Crippen LogP contribution in [-0.2, 0) is 0 Å². The second-order valence-electron chi connectivity index (χ2n) is 5.12. The fraction of sp³-hybridized carbons (Fsp3) is 0.188. The number of pyridine rings is 1. The first-order valence-corrected chi connectivity index (χ1v) is 6.74. The van der Waals surface area contributed by atoms with Gasteiger partial charge in [-0.1, -0.05) is 12.1 Å². The Balaban J connectivity index is 2.26. The van der Waals surface area contributed by atoms with Crippen molar-refractivity contribution in [1.29, 1.82) is 0 Å². The minimum atomic E-state index is -0.575. The Hall–Kier alpha value is -2.89. The summed E-state index contributed by atoms with van der Waals surface area (Å²) in [6.07, 6.45) is 1.49. The molecule has 1 heterocycles. The smallest absolute Gasteiger partial charge is 0.257 e. The van der Waals surface area contributed by atoms with Crippen molar-refractivity contribution in [2.75, 3.05) is 24.3 Å². The highest BCUT2D eigenvalue weighted by atomic mass is 16.2. The summed E-state index contributed by atoms with van der Waals surface area (Å²) in [6, 6.07) is 8.60. The molecule has 2 amide bonds. The molecule has 114 valence electrons. The number of rotatable bonds is 4. The van der Waals surface area contributed by atoms with Crippen molar-refractivity contribution in [3.63, 3.8) is 0 Å². The third-order valence-electron chi connectivity index (χ3n) is 3.24. The van der Waals surface area contributed by atoms with E-state index in [9.17, 15) is 9.59 Å². The van der Waals surface area contributed by atoms with Gasteiger partial charge in [0.2, 0.25) is 0 Å². The molecule has 0 saturated heterocycles. The lowest BCUT2D eigenvalue weighted by atomic mass is 10.1. The molecule has 0 radical (unpaired) electrons. The van der Waals surface area contributed by atoms with Crippen LogP contribution in [0.25, 0.3) is 0 Å². The van der Waals surface area contributed by atoms with Gasteiger partial charge >= 0.3 is 0 Å². The molecule has 1 aromatic carbocycles. The number of carbonyl (C=O) groups is 2. The van der Waals surface area contributed by atoms with Crippen LogP contribution in [0.15, 0.2) is 36.5 Å². The average Bonchev–Trinajstić information content (AvgIpc) is 2.47. The normalized spacial score (nSPS) is 10.1. The standard InChI is InChI=1S/C16H18N4O2/c1-10-5-4-6-12(14(10)15(17)21)19-16(22)11-7-8-13(18-9-11)20(2)3/h4-9H,1-3H3,(H2,17,21)(H,19,22). The predicted octanol–water partition coefficient (Wildman–Crippen LogP) is 1.81. The number of carbonyl (C=O) groups excluding carboxylic acids is 2. The molecule has 6 nitrogen and oxygen atoms in total. The molecule has 0 atom stereocenters. The molecule has 1 aromatic heterocycles. The van der Waals surface area contributed by atoms with Gasteiger partial charge in [-0.05, 0) is 30.7 Å². The Bertz CT molecular complexity index is 709. The van der Waals surface area contributed by atoms with Crippen LogP contribution in [0, 0.1) is 6.92 Å². The zero-order valence-corrected chi connectivity index (χ0v) is 12.8. The second kappa shape index (κ2) is 6.26. The quantitative estimate of drug-likeness (QED) is 0.901. The number of nitrogens with one attached hydrogen (secondary N) is 1. The summed E-state index contributed by atoms with van der Waals surface area (Å²) in [6.45, 7) is 1.77. The van der Waals surface area contributed by atoms with E-state index in [0.29, 0.717) is 22.4 Å². The van der Waals surface area contributed by atoms with E-state index in [2.05, 4.69) is 10.3 Å². The van der Waals surface area contributed by atoms with Crippen LogP contribution in [0.5, 0.6) is 0 Å². The number of aromatic nitrogens is 1. The fourth-order valence-corrected chi connectivity index (χ4v) is 2.08. The summed E-state index contributed by atoms with van der Waals surface area (Å²) >= 11 is 0. The highest BCUT2D eigenvalue weighted by molar-refractivity contribution is 6.09. The Labute approximate surface area is 129 Å². The maximum Gasteiger partial charge on any atom is 0.257 e. The average molecular weight is 298 g/mol. The zero-order chi connectivity index (χ0) is 16.3. The van der Waals surface area contributed by atoms with Gasteiger partial charge in [-0.2, -0.15) is 0 Å². The van der Waals surface area contributed by atoms with Crippen molar-refractivity contribution in [3.8, 4) is 0 Å². The van der Waals surface area contributed by atoms with Crippen molar-refractivity contribution in [2.24, 2.45) is 5.73 Å². The number of anilines is 2. The topological polar surface area (TPSA) is 88.3 Å². The fourth-order valence-electron chi connectivity index (χ4n) is 2.08. The first kappa shape index (κ1) is 15.5. The van der Waals surface area contributed by atoms with E-state index < -0.39 is 5.91 Å². The van der Waals surface area contributed by atoms with Crippen LogP contribution < -0.4 is 16.0 Å². The van der Waals surface area contributed by atoms with Crippen molar-refractivity contribution in [2.45, 2.75) is 6.92 Å². The molecule has 0 aliphatic carbocycles. The van der Waals surface area contributed by atoms with E-state index in [1.807, 2.05) is 19.0 Å². The van der Waals surface area contributed by atoms with Crippen LogP contribution >= 0.6 is 0 Å². The van der Waals surface area contributed by atoms with Gasteiger partial charge in [-0.3, -0.25) is 9.59 Å². The summed E-state index contributed by atoms with van der Waals surface area (Å²) in [5.74, 6) is -0.162. The molecular formula is C16H18N4O2. The number of aryl methyl sites for hydroxylation is 1. The SMILES string of the molecule is Cc1cccc(NC(=O)c2ccc(N(C)C)nc2)c1C(N)=O. The lowest BCUT2D eigenvalue weighted by molar-refractivity contribution is 0.100. The molecular weight excluding hydrogens is 280 g/mol. The summed E-state index contributed by atoms with van der Waals surface area (Å²) in [7, 11) is 3.74. The molecule has 22 heavy (non-hydrogen) atoms. The van der Waals surface area contributed by atoms with Crippen molar-refractivity contribution in [1.82, 2.24) is 4.98 Å². The van der Waals surface area contributed by atoms with E-state index in [0.717, 1.165) is 5.82 Å². The lowest BCUT2D eigenvalue weighted by Crippen LogP contribution is -2.19. The highest BCUT2D eigenvalue weighted by Gasteiger charge is 2.14. The maximum absolute atomic E-state index is 12.3.